The standard InChI is InChI=1S/C17H19N5O3/c1-12-16(25-11-20-12)17(23)22-4-5-24-10-13(8-22)6-14-9-21-3-2-18-15(21)7-19-14/h2-3,7,9,11,13H,4-6,8,10H2,1H3/t13-/m1/s1. The van der Waals surface area contributed by atoms with Gasteiger partial charge in [0.15, 0.2) is 12.0 Å². The Morgan fingerprint density at radius 3 is 3.12 bits per heavy atom. The summed E-state index contributed by atoms with van der Waals surface area (Å²) in [6, 6.07) is 0. The van der Waals surface area contributed by atoms with E-state index in [0.29, 0.717) is 37.8 Å². The summed E-state index contributed by atoms with van der Waals surface area (Å²) in [4.78, 5) is 27.1. The van der Waals surface area contributed by atoms with E-state index in [9.17, 15) is 4.79 Å². The lowest BCUT2D eigenvalue weighted by molar-refractivity contribution is 0.0704. The van der Waals surface area contributed by atoms with Crippen molar-refractivity contribution in [3.05, 3.63) is 48.3 Å². The molecule has 1 saturated heterocycles. The minimum absolute atomic E-state index is 0.136. The number of carbonyl (C=O) groups is 1. The molecule has 8 heteroatoms. The fourth-order valence-corrected chi connectivity index (χ4v) is 3.11. The minimum atomic E-state index is -0.136. The van der Waals surface area contributed by atoms with Crippen LogP contribution >= 0.6 is 0 Å². The molecule has 1 amide bonds. The summed E-state index contributed by atoms with van der Waals surface area (Å²) in [5.74, 6) is 0.338. The van der Waals surface area contributed by atoms with Crippen LogP contribution in [-0.4, -0.2) is 56.5 Å². The van der Waals surface area contributed by atoms with Gasteiger partial charge in [0.05, 0.1) is 30.8 Å². The fraction of sp³-hybridized carbons (Fsp3) is 0.412. The lowest BCUT2D eigenvalue weighted by atomic mass is 10.0. The number of aromatic nitrogens is 4. The molecule has 1 atom stereocenters. The first kappa shape index (κ1) is 15.8. The largest absolute Gasteiger partial charge is 0.438 e. The van der Waals surface area contributed by atoms with E-state index in [-0.39, 0.29) is 11.8 Å². The van der Waals surface area contributed by atoms with E-state index >= 15 is 0 Å². The van der Waals surface area contributed by atoms with Gasteiger partial charge in [0.2, 0.25) is 5.76 Å². The minimum Gasteiger partial charge on any atom is -0.438 e. The van der Waals surface area contributed by atoms with Gasteiger partial charge in [-0.15, -0.1) is 0 Å². The van der Waals surface area contributed by atoms with E-state index in [1.54, 1.807) is 24.2 Å². The molecule has 0 N–H and O–H groups in total. The Labute approximate surface area is 144 Å². The van der Waals surface area contributed by atoms with Crippen LogP contribution < -0.4 is 0 Å². The van der Waals surface area contributed by atoms with Crippen LogP contribution in [0.15, 0.2) is 35.6 Å². The molecule has 3 aromatic heterocycles. The summed E-state index contributed by atoms with van der Waals surface area (Å²) in [5.41, 5.74) is 2.38. The first-order valence-electron chi connectivity index (χ1n) is 8.25. The number of hydrogen-bond donors (Lipinski definition) is 0. The van der Waals surface area contributed by atoms with Crippen molar-refractivity contribution in [2.45, 2.75) is 13.3 Å². The molecule has 0 bridgehead atoms. The molecular formula is C17H19N5O3. The third-order valence-corrected chi connectivity index (χ3v) is 4.40. The summed E-state index contributed by atoms with van der Waals surface area (Å²) in [7, 11) is 0. The number of fused-ring (bicyclic) bond motifs is 1. The number of rotatable bonds is 3. The van der Waals surface area contributed by atoms with Gasteiger partial charge in [-0.3, -0.25) is 9.78 Å². The highest BCUT2D eigenvalue weighted by Crippen LogP contribution is 2.17. The van der Waals surface area contributed by atoms with E-state index in [2.05, 4.69) is 15.0 Å². The molecule has 4 rings (SSSR count). The Hall–Kier alpha value is -2.74. The Morgan fingerprint density at radius 1 is 1.36 bits per heavy atom. The number of aryl methyl sites for hydroxylation is 1. The Kier molecular flexibility index (Phi) is 4.19. The highest BCUT2D eigenvalue weighted by Gasteiger charge is 2.27. The topological polar surface area (TPSA) is 85.8 Å². The SMILES string of the molecule is Cc1ncoc1C(=O)N1CCOC[C@H](Cc2cn3ccnc3cn2)C1. The first-order chi connectivity index (χ1) is 12.2. The molecule has 1 fully saturated rings. The van der Waals surface area contributed by atoms with Gasteiger partial charge in [-0.05, 0) is 13.3 Å². The quantitative estimate of drug-likeness (QED) is 0.715. The zero-order chi connectivity index (χ0) is 17.2. The molecule has 0 aliphatic carbocycles. The molecule has 8 nitrogen and oxygen atoms in total. The predicted molar refractivity (Wildman–Crippen MR) is 88.1 cm³/mol. The third kappa shape index (κ3) is 3.25. The van der Waals surface area contributed by atoms with Gasteiger partial charge in [-0.1, -0.05) is 0 Å². The summed E-state index contributed by atoms with van der Waals surface area (Å²) < 4.78 is 12.9. The Bertz CT molecular complexity index is 887. The van der Waals surface area contributed by atoms with Crippen molar-refractivity contribution in [3.63, 3.8) is 0 Å². The average molecular weight is 341 g/mol. The second kappa shape index (κ2) is 6.64. The van der Waals surface area contributed by atoms with Crippen molar-refractivity contribution in [2.24, 2.45) is 5.92 Å². The number of ether oxygens (including phenoxy) is 1. The molecule has 4 heterocycles. The number of hydrogen-bond acceptors (Lipinski definition) is 6. The second-order valence-corrected chi connectivity index (χ2v) is 6.23. The zero-order valence-electron chi connectivity index (χ0n) is 14.0. The number of nitrogens with zero attached hydrogens (tertiary/aromatic N) is 5. The van der Waals surface area contributed by atoms with Crippen LogP contribution in [0.25, 0.3) is 5.65 Å². The molecule has 0 saturated carbocycles. The molecule has 1 aliphatic heterocycles. The molecule has 0 unspecified atom stereocenters. The van der Waals surface area contributed by atoms with E-state index in [1.165, 1.54) is 6.39 Å². The first-order valence-corrected chi connectivity index (χ1v) is 8.25. The van der Waals surface area contributed by atoms with Gasteiger partial charge in [-0.2, -0.15) is 0 Å². The smallest absolute Gasteiger partial charge is 0.291 e. The predicted octanol–water partition coefficient (Wildman–Crippen LogP) is 1.36. The lowest BCUT2D eigenvalue weighted by Gasteiger charge is -2.22. The number of carbonyl (C=O) groups excluding carboxylic acids is 1. The van der Waals surface area contributed by atoms with Gasteiger partial charge in [0, 0.05) is 37.6 Å². The number of imidazole rings is 1. The van der Waals surface area contributed by atoms with Crippen molar-refractivity contribution in [1.82, 2.24) is 24.3 Å². The highest BCUT2D eigenvalue weighted by molar-refractivity contribution is 5.92. The maximum absolute atomic E-state index is 12.7. The van der Waals surface area contributed by atoms with Crippen LogP contribution in [0.3, 0.4) is 0 Å². The second-order valence-electron chi connectivity index (χ2n) is 6.23. The molecule has 130 valence electrons. The van der Waals surface area contributed by atoms with Crippen LogP contribution in [0.5, 0.6) is 0 Å². The van der Waals surface area contributed by atoms with Crippen LogP contribution in [-0.2, 0) is 11.2 Å². The van der Waals surface area contributed by atoms with Gasteiger partial charge in [0.25, 0.3) is 5.91 Å². The molecule has 0 spiro atoms. The van der Waals surface area contributed by atoms with E-state index in [1.807, 2.05) is 16.8 Å². The summed E-state index contributed by atoms with van der Waals surface area (Å²) >= 11 is 0. The van der Waals surface area contributed by atoms with Crippen LogP contribution in [0.1, 0.15) is 21.9 Å². The van der Waals surface area contributed by atoms with Gasteiger partial charge in [0.1, 0.15) is 0 Å². The number of amides is 1. The lowest BCUT2D eigenvalue weighted by Crippen LogP contribution is -2.36. The molecule has 3 aromatic rings. The maximum atomic E-state index is 12.7. The van der Waals surface area contributed by atoms with Crippen LogP contribution in [0, 0.1) is 12.8 Å². The van der Waals surface area contributed by atoms with Crippen LogP contribution in [0.2, 0.25) is 0 Å². The molecule has 25 heavy (non-hydrogen) atoms. The molecule has 1 aliphatic rings. The van der Waals surface area contributed by atoms with Crippen molar-refractivity contribution in [2.75, 3.05) is 26.3 Å². The average Bonchev–Trinajstić information content (AvgIpc) is 3.18. The van der Waals surface area contributed by atoms with E-state index in [4.69, 9.17) is 9.15 Å². The normalized spacial score (nSPS) is 18.4. The maximum Gasteiger partial charge on any atom is 0.291 e. The molecule has 0 radical (unpaired) electrons. The van der Waals surface area contributed by atoms with Gasteiger partial charge >= 0.3 is 0 Å². The van der Waals surface area contributed by atoms with Crippen molar-refractivity contribution >= 4 is 11.6 Å². The van der Waals surface area contributed by atoms with Crippen molar-refractivity contribution in [1.29, 1.82) is 0 Å². The van der Waals surface area contributed by atoms with Crippen LogP contribution in [0.4, 0.5) is 0 Å². The van der Waals surface area contributed by atoms with Gasteiger partial charge < -0.3 is 18.5 Å². The van der Waals surface area contributed by atoms with E-state index in [0.717, 1.165) is 17.8 Å². The van der Waals surface area contributed by atoms with Gasteiger partial charge in [-0.25, -0.2) is 9.97 Å². The summed E-state index contributed by atoms with van der Waals surface area (Å²) in [5, 5.41) is 0. The van der Waals surface area contributed by atoms with Crippen molar-refractivity contribution in [3.8, 4) is 0 Å². The van der Waals surface area contributed by atoms with E-state index < -0.39 is 0 Å². The fourth-order valence-electron chi connectivity index (χ4n) is 3.11. The monoisotopic (exact) mass is 341 g/mol. The zero-order valence-corrected chi connectivity index (χ0v) is 14.0. The summed E-state index contributed by atoms with van der Waals surface area (Å²) in [6.07, 6.45) is 9.40. The van der Waals surface area contributed by atoms with Crippen molar-refractivity contribution < 1.29 is 13.9 Å². The molecule has 0 aromatic carbocycles. The Balaban J connectivity index is 1.49. The molecular weight excluding hydrogens is 322 g/mol. The Morgan fingerprint density at radius 2 is 2.28 bits per heavy atom. The number of oxazole rings is 1. The summed E-state index contributed by atoms with van der Waals surface area (Å²) in [6.45, 7) is 4.03. The third-order valence-electron chi connectivity index (χ3n) is 4.40. The highest BCUT2D eigenvalue weighted by atomic mass is 16.5.